The molecule has 0 radical (unpaired) electrons. The quantitative estimate of drug-likeness (QED) is 0.292. The minimum absolute atomic E-state index is 0.0394. The predicted molar refractivity (Wildman–Crippen MR) is 111 cm³/mol. The largest absolute Gasteiger partial charge is 0.338 e. The van der Waals surface area contributed by atoms with Gasteiger partial charge in [-0.15, -0.1) is 10.2 Å². The van der Waals surface area contributed by atoms with E-state index in [1.807, 2.05) is 25.1 Å². The number of hydrogen-bond donors (Lipinski definition) is 2. The Balaban J connectivity index is 1.46. The third-order valence-electron chi connectivity index (χ3n) is 4.37. The number of nitrogens with one attached hydrogen (secondary N) is 2. The molecule has 2 heterocycles. The first kappa shape index (κ1) is 18.8. The minimum Gasteiger partial charge on any atom is -0.338 e. The van der Waals surface area contributed by atoms with E-state index in [1.54, 1.807) is 19.1 Å². The van der Waals surface area contributed by atoms with E-state index in [1.165, 1.54) is 6.07 Å². The molecule has 0 bridgehead atoms. The molecule has 0 spiro atoms. The monoisotopic (exact) mass is 408 g/mol. The Morgan fingerprint density at radius 3 is 2.83 bits per heavy atom. The Morgan fingerprint density at radius 1 is 1.21 bits per heavy atom. The number of aromatic nitrogens is 4. The normalized spacial score (nSPS) is 11.1. The zero-order valence-corrected chi connectivity index (χ0v) is 16.4. The average molecular weight is 408 g/mol. The first-order valence-electron chi connectivity index (χ1n) is 8.71. The summed E-state index contributed by atoms with van der Waals surface area (Å²) in [5, 5.41) is 23.3. The maximum Gasteiger partial charge on any atom is 0.274 e. The molecule has 2 aromatic carbocycles. The summed E-state index contributed by atoms with van der Waals surface area (Å²) in [4.78, 5) is 30.4. The highest BCUT2D eigenvalue weighted by Crippen LogP contribution is 2.25. The van der Waals surface area contributed by atoms with Gasteiger partial charge in [-0.2, -0.15) is 0 Å². The van der Waals surface area contributed by atoms with Crippen LogP contribution in [-0.2, 0) is 4.79 Å². The lowest BCUT2D eigenvalue weighted by Crippen LogP contribution is -2.14. The van der Waals surface area contributed by atoms with Crippen LogP contribution in [0.1, 0.15) is 11.1 Å². The van der Waals surface area contributed by atoms with Gasteiger partial charge in [0.25, 0.3) is 5.69 Å². The number of H-pyrrole nitrogens is 1. The molecule has 0 atom stereocenters. The van der Waals surface area contributed by atoms with Crippen molar-refractivity contribution in [3.05, 3.63) is 57.6 Å². The van der Waals surface area contributed by atoms with Crippen LogP contribution in [-0.4, -0.2) is 36.7 Å². The van der Waals surface area contributed by atoms with Crippen LogP contribution in [0.25, 0.3) is 22.1 Å². The fourth-order valence-electron chi connectivity index (χ4n) is 2.94. The van der Waals surface area contributed by atoms with E-state index in [0.29, 0.717) is 27.6 Å². The second-order valence-electron chi connectivity index (χ2n) is 6.56. The van der Waals surface area contributed by atoms with Crippen molar-refractivity contribution in [1.82, 2.24) is 20.2 Å². The Hall–Kier alpha value is -3.53. The van der Waals surface area contributed by atoms with E-state index in [2.05, 4.69) is 25.5 Å². The number of carbonyl (C=O) groups is 1. The van der Waals surface area contributed by atoms with Crippen LogP contribution >= 0.6 is 11.8 Å². The maximum absolute atomic E-state index is 12.2. The summed E-state index contributed by atoms with van der Waals surface area (Å²) in [5.74, 6) is -0.266. The standard InChI is InChI=1S/C19H16N6O3S/c1-10-3-6-14-13(7-10)17-18(21-14)22-19(24-23-17)29-9-16(26)20-12-5-4-11(2)15(8-12)25(27)28/h3-8H,9H2,1-2H3,(H,20,26)(H,21,22,24). The third kappa shape index (κ3) is 3.87. The van der Waals surface area contributed by atoms with Gasteiger partial charge in [0.15, 0.2) is 5.65 Å². The first-order chi connectivity index (χ1) is 13.9. The highest BCUT2D eigenvalue weighted by atomic mass is 32.2. The molecule has 0 fully saturated rings. The molecule has 0 aliphatic rings. The molecule has 1 amide bonds. The first-order valence-corrected chi connectivity index (χ1v) is 9.70. The molecule has 0 aliphatic carbocycles. The van der Waals surface area contributed by atoms with Crippen molar-refractivity contribution in [1.29, 1.82) is 0 Å². The summed E-state index contributed by atoms with van der Waals surface area (Å²) >= 11 is 1.14. The molecule has 9 nitrogen and oxygen atoms in total. The summed E-state index contributed by atoms with van der Waals surface area (Å²) in [7, 11) is 0. The minimum atomic E-state index is -0.476. The summed E-state index contributed by atoms with van der Waals surface area (Å²) in [6.45, 7) is 3.65. The van der Waals surface area contributed by atoms with Gasteiger partial charge < -0.3 is 10.3 Å². The van der Waals surface area contributed by atoms with Crippen molar-refractivity contribution in [3.63, 3.8) is 0 Å². The number of nitro benzene ring substituents is 1. The number of fused-ring (bicyclic) bond motifs is 3. The van der Waals surface area contributed by atoms with Crippen LogP contribution in [0.5, 0.6) is 0 Å². The molecule has 2 aromatic heterocycles. The number of nitro groups is 1. The Morgan fingerprint density at radius 2 is 2.03 bits per heavy atom. The lowest BCUT2D eigenvalue weighted by Gasteiger charge is -2.05. The molecule has 4 aromatic rings. The van der Waals surface area contributed by atoms with Crippen molar-refractivity contribution in [2.45, 2.75) is 19.0 Å². The third-order valence-corrected chi connectivity index (χ3v) is 5.21. The van der Waals surface area contributed by atoms with Crippen LogP contribution < -0.4 is 5.32 Å². The smallest absolute Gasteiger partial charge is 0.274 e. The van der Waals surface area contributed by atoms with Crippen molar-refractivity contribution in [2.75, 3.05) is 11.1 Å². The lowest BCUT2D eigenvalue weighted by molar-refractivity contribution is -0.385. The maximum atomic E-state index is 12.2. The van der Waals surface area contributed by atoms with E-state index >= 15 is 0 Å². The number of aryl methyl sites for hydroxylation is 2. The number of thioether (sulfide) groups is 1. The number of rotatable bonds is 5. The van der Waals surface area contributed by atoms with Crippen molar-refractivity contribution >= 4 is 51.1 Å². The van der Waals surface area contributed by atoms with Gasteiger partial charge in [0.1, 0.15) is 5.52 Å². The lowest BCUT2D eigenvalue weighted by atomic mass is 10.2. The van der Waals surface area contributed by atoms with E-state index < -0.39 is 4.92 Å². The van der Waals surface area contributed by atoms with Gasteiger partial charge >= 0.3 is 0 Å². The van der Waals surface area contributed by atoms with Crippen LogP contribution in [0, 0.1) is 24.0 Å². The van der Waals surface area contributed by atoms with Gasteiger partial charge in [-0.1, -0.05) is 29.5 Å². The molecule has 0 saturated heterocycles. The van der Waals surface area contributed by atoms with Gasteiger partial charge in [-0.3, -0.25) is 14.9 Å². The second kappa shape index (κ2) is 7.47. The van der Waals surface area contributed by atoms with Gasteiger partial charge in [0.05, 0.1) is 10.7 Å². The number of aromatic amines is 1. The molecule has 2 N–H and O–H groups in total. The zero-order chi connectivity index (χ0) is 20.5. The molecule has 0 aliphatic heterocycles. The molecule has 146 valence electrons. The summed E-state index contributed by atoms with van der Waals surface area (Å²) < 4.78 is 0. The molecule has 0 saturated carbocycles. The van der Waals surface area contributed by atoms with E-state index in [9.17, 15) is 14.9 Å². The number of hydrogen-bond acceptors (Lipinski definition) is 7. The van der Waals surface area contributed by atoms with Crippen LogP contribution in [0.4, 0.5) is 11.4 Å². The molecule has 0 unspecified atom stereocenters. The number of amides is 1. The topological polar surface area (TPSA) is 127 Å². The highest BCUT2D eigenvalue weighted by Gasteiger charge is 2.14. The predicted octanol–water partition coefficient (Wildman–Crippen LogP) is 3.76. The molecule has 10 heteroatoms. The van der Waals surface area contributed by atoms with Crippen molar-refractivity contribution in [2.24, 2.45) is 0 Å². The SMILES string of the molecule is Cc1ccc2[nH]c3nc(SCC(=O)Nc4ccc(C)c([N+](=O)[O-])c4)nnc3c2c1. The van der Waals surface area contributed by atoms with Gasteiger partial charge in [0.2, 0.25) is 11.1 Å². The zero-order valence-electron chi connectivity index (χ0n) is 15.6. The van der Waals surface area contributed by atoms with Gasteiger partial charge in [0, 0.05) is 28.2 Å². The average Bonchev–Trinajstić information content (AvgIpc) is 3.04. The van der Waals surface area contributed by atoms with Crippen molar-refractivity contribution in [3.8, 4) is 0 Å². The van der Waals surface area contributed by atoms with Crippen molar-refractivity contribution < 1.29 is 9.72 Å². The summed E-state index contributed by atoms with van der Waals surface area (Å²) in [6, 6.07) is 10.6. The summed E-state index contributed by atoms with van der Waals surface area (Å²) in [6.07, 6.45) is 0. The van der Waals surface area contributed by atoms with Gasteiger partial charge in [-0.25, -0.2) is 4.98 Å². The molecular weight excluding hydrogens is 392 g/mol. The van der Waals surface area contributed by atoms with E-state index in [-0.39, 0.29) is 17.3 Å². The number of anilines is 1. The Bertz CT molecular complexity index is 1270. The van der Waals surface area contributed by atoms with Gasteiger partial charge in [-0.05, 0) is 32.0 Å². The molecule has 4 rings (SSSR count). The number of nitrogens with zero attached hydrogens (tertiary/aromatic N) is 4. The fraction of sp³-hybridized carbons (Fsp3) is 0.158. The Labute approximate surface area is 169 Å². The van der Waals surface area contributed by atoms with Crippen LogP contribution in [0.3, 0.4) is 0 Å². The second-order valence-corrected chi connectivity index (χ2v) is 7.50. The molecule has 29 heavy (non-hydrogen) atoms. The van der Waals surface area contributed by atoms with E-state index in [0.717, 1.165) is 28.2 Å². The van der Waals surface area contributed by atoms with Crippen LogP contribution in [0.2, 0.25) is 0 Å². The van der Waals surface area contributed by atoms with E-state index in [4.69, 9.17) is 0 Å². The number of carbonyl (C=O) groups excluding carboxylic acids is 1. The Kier molecular flexibility index (Phi) is 4.85. The summed E-state index contributed by atoms with van der Waals surface area (Å²) in [5.41, 5.74) is 4.20. The number of benzene rings is 2. The highest BCUT2D eigenvalue weighted by molar-refractivity contribution is 7.99. The van der Waals surface area contributed by atoms with Crippen LogP contribution in [0.15, 0.2) is 41.6 Å². The molecular formula is C19H16N6O3S. The fourth-order valence-corrected chi connectivity index (χ4v) is 3.53.